The number of carbonyl (C=O) groups excluding carboxylic acids is 3. The van der Waals surface area contributed by atoms with Crippen molar-refractivity contribution in [2.24, 2.45) is 0 Å². The fourth-order valence-corrected chi connectivity index (χ4v) is 3.28. The molecule has 0 bridgehead atoms. The van der Waals surface area contributed by atoms with Crippen molar-refractivity contribution in [2.75, 3.05) is 41.0 Å². The predicted molar refractivity (Wildman–Crippen MR) is 117 cm³/mol. The molecule has 0 aliphatic carbocycles. The van der Waals surface area contributed by atoms with Crippen LogP contribution in [0.25, 0.3) is 0 Å². The Morgan fingerprint density at radius 2 is 1.65 bits per heavy atom. The average molecular weight is 430 g/mol. The highest BCUT2D eigenvalue weighted by Crippen LogP contribution is 2.21. The van der Waals surface area contributed by atoms with Gasteiger partial charge in [-0.15, -0.1) is 0 Å². The Bertz CT molecular complexity index is 931. The summed E-state index contributed by atoms with van der Waals surface area (Å²) in [6.07, 6.45) is 0. The van der Waals surface area contributed by atoms with Crippen LogP contribution >= 0.6 is 0 Å². The van der Waals surface area contributed by atoms with Gasteiger partial charge < -0.3 is 24.3 Å². The fraction of sp³-hybridized carbons (Fsp3) is 0.435. The molecule has 168 valence electrons. The van der Waals surface area contributed by atoms with Crippen LogP contribution in [0, 0.1) is 13.8 Å². The number of H-pyrrole nitrogens is 1. The van der Waals surface area contributed by atoms with Crippen molar-refractivity contribution in [3.8, 4) is 0 Å². The Labute approximate surface area is 183 Å². The first-order valence-electron chi connectivity index (χ1n) is 10.2. The van der Waals surface area contributed by atoms with Gasteiger partial charge in [-0.1, -0.05) is 12.1 Å². The number of aromatic amines is 1. The van der Waals surface area contributed by atoms with Crippen molar-refractivity contribution >= 4 is 17.8 Å². The quantitative estimate of drug-likeness (QED) is 0.489. The lowest BCUT2D eigenvalue weighted by atomic mass is 10.1. The molecule has 0 aliphatic heterocycles. The van der Waals surface area contributed by atoms with E-state index in [-0.39, 0.29) is 18.4 Å². The molecule has 0 aliphatic rings. The number of aromatic nitrogens is 1. The van der Waals surface area contributed by atoms with Gasteiger partial charge >= 0.3 is 5.97 Å². The van der Waals surface area contributed by atoms with Crippen LogP contribution in [0.15, 0.2) is 24.3 Å². The normalized spacial score (nSPS) is 10.6. The summed E-state index contributed by atoms with van der Waals surface area (Å²) in [7, 11) is 4.94. The lowest BCUT2D eigenvalue weighted by Gasteiger charge is -2.21. The Balaban J connectivity index is 2.18. The van der Waals surface area contributed by atoms with E-state index in [4.69, 9.17) is 9.47 Å². The molecule has 1 aromatic carbocycles. The number of carbonyl (C=O) groups is 3. The molecule has 0 spiro atoms. The number of ether oxygens (including phenoxy) is 2. The highest BCUT2D eigenvalue weighted by atomic mass is 16.6. The van der Waals surface area contributed by atoms with Crippen LogP contribution in [0.1, 0.15) is 54.9 Å². The van der Waals surface area contributed by atoms with E-state index in [1.807, 2.05) is 19.1 Å². The molecule has 0 saturated heterocycles. The summed E-state index contributed by atoms with van der Waals surface area (Å²) < 4.78 is 10.1. The third-order valence-electron chi connectivity index (χ3n) is 5.03. The second kappa shape index (κ2) is 10.8. The first kappa shape index (κ1) is 24.1. The van der Waals surface area contributed by atoms with E-state index >= 15 is 0 Å². The third kappa shape index (κ3) is 5.73. The molecule has 8 heteroatoms. The number of amides is 2. The Kier molecular flexibility index (Phi) is 8.38. The van der Waals surface area contributed by atoms with Gasteiger partial charge in [0.15, 0.2) is 0 Å². The Morgan fingerprint density at radius 3 is 2.19 bits per heavy atom. The van der Waals surface area contributed by atoms with Crippen molar-refractivity contribution in [2.45, 2.75) is 27.3 Å². The third-order valence-corrected chi connectivity index (χ3v) is 5.03. The molecule has 31 heavy (non-hydrogen) atoms. The molecule has 1 N–H and O–H groups in total. The number of nitrogens with one attached hydrogen (secondary N) is 1. The lowest BCUT2D eigenvalue weighted by Crippen LogP contribution is -2.31. The van der Waals surface area contributed by atoms with E-state index in [1.54, 1.807) is 45.0 Å². The summed E-state index contributed by atoms with van der Waals surface area (Å²) >= 11 is 0. The van der Waals surface area contributed by atoms with Gasteiger partial charge in [0.1, 0.15) is 12.3 Å². The zero-order valence-corrected chi connectivity index (χ0v) is 19.1. The zero-order valence-electron chi connectivity index (χ0n) is 19.1. The van der Waals surface area contributed by atoms with E-state index in [2.05, 4.69) is 4.98 Å². The molecular formula is C23H31N3O5. The number of hydrogen-bond acceptors (Lipinski definition) is 5. The van der Waals surface area contributed by atoms with Crippen LogP contribution in [0.5, 0.6) is 0 Å². The molecule has 2 amide bonds. The van der Waals surface area contributed by atoms with Crippen molar-refractivity contribution in [3.63, 3.8) is 0 Å². The topological polar surface area (TPSA) is 91.9 Å². The summed E-state index contributed by atoms with van der Waals surface area (Å²) in [5, 5.41) is 0. The first-order chi connectivity index (χ1) is 14.7. The van der Waals surface area contributed by atoms with Crippen LogP contribution < -0.4 is 0 Å². The second-order valence-corrected chi connectivity index (χ2v) is 7.47. The van der Waals surface area contributed by atoms with Crippen molar-refractivity contribution in [1.29, 1.82) is 0 Å². The van der Waals surface area contributed by atoms with Gasteiger partial charge in [0, 0.05) is 45.6 Å². The monoisotopic (exact) mass is 429 g/mol. The Hall–Kier alpha value is -3.13. The Morgan fingerprint density at radius 1 is 1.00 bits per heavy atom. The number of nitrogens with zero attached hydrogens (tertiary/aromatic N) is 2. The summed E-state index contributed by atoms with van der Waals surface area (Å²) in [5.74, 6) is -0.753. The number of esters is 1. The SMILES string of the molecule is CCN(Cc1ccc(C(=O)N(C)C)cc1)C(=O)c1[nH]c(C)c(C(=O)OCCOC)c1C. The van der Waals surface area contributed by atoms with Gasteiger partial charge in [0.05, 0.1) is 12.2 Å². The molecule has 0 radical (unpaired) electrons. The van der Waals surface area contributed by atoms with E-state index in [1.165, 1.54) is 12.0 Å². The van der Waals surface area contributed by atoms with Gasteiger partial charge in [-0.3, -0.25) is 9.59 Å². The summed E-state index contributed by atoms with van der Waals surface area (Å²) in [5.41, 5.74) is 3.40. The maximum Gasteiger partial charge on any atom is 0.340 e. The second-order valence-electron chi connectivity index (χ2n) is 7.47. The van der Waals surface area contributed by atoms with E-state index in [0.717, 1.165) is 5.56 Å². The van der Waals surface area contributed by atoms with Crippen LogP contribution in [0.3, 0.4) is 0 Å². The number of benzene rings is 1. The largest absolute Gasteiger partial charge is 0.460 e. The van der Waals surface area contributed by atoms with Gasteiger partial charge in [0.25, 0.3) is 11.8 Å². The van der Waals surface area contributed by atoms with Crippen LogP contribution in [-0.2, 0) is 16.0 Å². The van der Waals surface area contributed by atoms with Gasteiger partial charge in [-0.2, -0.15) is 0 Å². The van der Waals surface area contributed by atoms with Crippen molar-refractivity contribution in [3.05, 3.63) is 57.9 Å². The molecule has 8 nitrogen and oxygen atoms in total. The number of hydrogen-bond donors (Lipinski definition) is 1. The fourth-order valence-electron chi connectivity index (χ4n) is 3.28. The summed E-state index contributed by atoms with van der Waals surface area (Å²) in [4.78, 5) is 43.9. The van der Waals surface area contributed by atoms with E-state index in [9.17, 15) is 14.4 Å². The lowest BCUT2D eigenvalue weighted by molar-refractivity contribution is 0.0386. The molecule has 0 fully saturated rings. The molecule has 0 unspecified atom stereocenters. The standard InChI is InChI=1S/C23H31N3O5/c1-7-26(14-17-8-10-18(11-9-17)21(27)25(4)5)22(28)20-15(2)19(16(3)24-20)23(29)31-13-12-30-6/h8-11,24H,7,12-14H2,1-6H3. The number of rotatable bonds is 9. The van der Waals surface area contributed by atoms with Crippen LogP contribution in [0.2, 0.25) is 0 Å². The number of methoxy groups -OCH3 is 1. The predicted octanol–water partition coefficient (Wildman–Crippen LogP) is 2.80. The minimum absolute atomic E-state index is 0.0719. The summed E-state index contributed by atoms with van der Waals surface area (Å²) in [6.45, 7) is 6.71. The van der Waals surface area contributed by atoms with Crippen LogP contribution in [-0.4, -0.2) is 73.5 Å². The van der Waals surface area contributed by atoms with Gasteiger partial charge in [-0.05, 0) is 44.0 Å². The molecule has 2 aromatic rings. The maximum atomic E-state index is 13.2. The average Bonchev–Trinajstić information content (AvgIpc) is 3.05. The van der Waals surface area contributed by atoms with E-state index in [0.29, 0.717) is 47.8 Å². The molecule has 2 rings (SSSR count). The van der Waals surface area contributed by atoms with Crippen molar-refractivity contribution < 1.29 is 23.9 Å². The minimum Gasteiger partial charge on any atom is -0.460 e. The summed E-state index contributed by atoms with van der Waals surface area (Å²) in [6, 6.07) is 7.21. The van der Waals surface area contributed by atoms with Gasteiger partial charge in [-0.25, -0.2) is 4.79 Å². The maximum absolute atomic E-state index is 13.2. The first-order valence-corrected chi connectivity index (χ1v) is 10.2. The molecule has 0 atom stereocenters. The molecular weight excluding hydrogens is 398 g/mol. The zero-order chi connectivity index (χ0) is 23.1. The van der Waals surface area contributed by atoms with Crippen molar-refractivity contribution in [1.82, 2.24) is 14.8 Å². The molecule has 0 saturated carbocycles. The highest BCUT2D eigenvalue weighted by Gasteiger charge is 2.25. The highest BCUT2D eigenvalue weighted by molar-refractivity contribution is 6.00. The van der Waals surface area contributed by atoms with Gasteiger partial charge in [0.2, 0.25) is 0 Å². The minimum atomic E-state index is -0.480. The smallest absolute Gasteiger partial charge is 0.340 e. The molecule has 1 heterocycles. The number of aryl methyl sites for hydroxylation is 1. The molecule has 1 aromatic heterocycles. The van der Waals surface area contributed by atoms with E-state index < -0.39 is 5.97 Å². The van der Waals surface area contributed by atoms with Crippen LogP contribution in [0.4, 0.5) is 0 Å².